The van der Waals surface area contributed by atoms with Gasteiger partial charge in [-0.25, -0.2) is 9.48 Å². The lowest BCUT2D eigenvalue weighted by atomic mass is 10.1. The van der Waals surface area contributed by atoms with Gasteiger partial charge in [-0.05, 0) is 27.7 Å². The van der Waals surface area contributed by atoms with E-state index in [1.807, 2.05) is 20.8 Å². The molecular weight excluding hydrogens is 220 g/mol. The van der Waals surface area contributed by atoms with Gasteiger partial charge in [-0.3, -0.25) is 5.32 Å². The first-order valence-corrected chi connectivity index (χ1v) is 5.57. The molecule has 6 heteroatoms. The van der Waals surface area contributed by atoms with Gasteiger partial charge < -0.3 is 10.4 Å². The molecule has 0 saturated heterocycles. The minimum absolute atomic E-state index is 0.0913. The van der Waals surface area contributed by atoms with Crippen molar-refractivity contribution in [2.24, 2.45) is 0 Å². The number of anilines is 1. The van der Waals surface area contributed by atoms with Gasteiger partial charge in [-0.1, -0.05) is 0 Å². The fourth-order valence-corrected chi connectivity index (χ4v) is 1.35. The molecular formula is C11H20N4O2. The predicted molar refractivity (Wildman–Crippen MR) is 65.9 cm³/mol. The molecule has 17 heavy (non-hydrogen) atoms. The second kappa shape index (κ2) is 5.18. The van der Waals surface area contributed by atoms with Gasteiger partial charge in [0.25, 0.3) is 0 Å². The van der Waals surface area contributed by atoms with Crippen LogP contribution in [0, 0.1) is 0 Å². The Balaban J connectivity index is 2.70. The molecule has 0 aromatic carbocycles. The molecule has 0 aliphatic heterocycles. The molecule has 0 bridgehead atoms. The molecule has 6 nitrogen and oxygen atoms in total. The normalized spacial score (nSPS) is 13.2. The van der Waals surface area contributed by atoms with E-state index in [0.717, 1.165) is 0 Å². The lowest BCUT2D eigenvalue weighted by molar-refractivity contribution is 0.229. The zero-order valence-corrected chi connectivity index (χ0v) is 10.7. The predicted octanol–water partition coefficient (Wildman–Crippen LogP) is 1.14. The molecule has 0 fully saturated rings. The number of aromatic nitrogens is 2. The largest absolute Gasteiger partial charge is 0.394 e. The van der Waals surface area contributed by atoms with Crippen molar-refractivity contribution < 1.29 is 9.90 Å². The molecule has 1 aromatic rings. The molecule has 0 spiro atoms. The molecule has 1 aromatic heterocycles. The molecule has 0 radical (unpaired) electrons. The topological polar surface area (TPSA) is 79.2 Å². The van der Waals surface area contributed by atoms with Crippen molar-refractivity contribution in [3.63, 3.8) is 0 Å². The first-order chi connectivity index (χ1) is 7.84. The summed E-state index contributed by atoms with van der Waals surface area (Å²) in [5, 5.41) is 18.3. The highest BCUT2D eigenvalue weighted by atomic mass is 16.3. The van der Waals surface area contributed by atoms with Crippen molar-refractivity contribution in [3.05, 3.63) is 12.3 Å². The first-order valence-electron chi connectivity index (χ1n) is 5.57. The van der Waals surface area contributed by atoms with Crippen LogP contribution in [0.5, 0.6) is 0 Å². The number of hydrogen-bond acceptors (Lipinski definition) is 3. The third-order valence-corrected chi connectivity index (χ3v) is 2.17. The summed E-state index contributed by atoms with van der Waals surface area (Å²) in [6, 6.07) is 1.10. The standard InChI is InChI=1S/C11H20N4O2/c1-8(7-16)13-10(17)14-9-5-6-12-15(9)11(2,3)4/h5-6,8,16H,7H2,1-4H3,(H2,13,14,17)/t8-/m0/s1. The number of urea groups is 1. The molecule has 0 aliphatic rings. The highest BCUT2D eigenvalue weighted by molar-refractivity contribution is 5.88. The smallest absolute Gasteiger partial charge is 0.320 e. The van der Waals surface area contributed by atoms with Gasteiger partial charge in [-0.15, -0.1) is 0 Å². The summed E-state index contributed by atoms with van der Waals surface area (Å²) in [6.45, 7) is 7.63. The van der Waals surface area contributed by atoms with Crippen LogP contribution in [0.1, 0.15) is 27.7 Å². The lowest BCUT2D eigenvalue weighted by Crippen LogP contribution is -2.39. The zero-order chi connectivity index (χ0) is 13.1. The second-order valence-corrected chi connectivity index (χ2v) is 4.98. The summed E-state index contributed by atoms with van der Waals surface area (Å²) in [7, 11) is 0. The fourth-order valence-electron chi connectivity index (χ4n) is 1.35. The molecule has 2 amide bonds. The van der Waals surface area contributed by atoms with E-state index in [1.165, 1.54) is 0 Å². The van der Waals surface area contributed by atoms with Crippen LogP contribution in [-0.2, 0) is 5.54 Å². The first kappa shape index (κ1) is 13.5. The van der Waals surface area contributed by atoms with E-state index in [0.29, 0.717) is 5.82 Å². The van der Waals surface area contributed by atoms with Crippen LogP contribution in [0.15, 0.2) is 12.3 Å². The average Bonchev–Trinajstić information content (AvgIpc) is 2.64. The quantitative estimate of drug-likeness (QED) is 0.741. The Morgan fingerprint density at radius 3 is 2.76 bits per heavy atom. The molecule has 1 atom stereocenters. The third kappa shape index (κ3) is 3.74. The van der Waals surface area contributed by atoms with Gasteiger partial charge in [0.2, 0.25) is 0 Å². The Labute approximate surface area is 101 Å². The van der Waals surface area contributed by atoms with Crippen LogP contribution < -0.4 is 10.6 Å². The van der Waals surface area contributed by atoms with Crippen LogP contribution in [0.25, 0.3) is 0 Å². The van der Waals surface area contributed by atoms with Gasteiger partial charge >= 0.3 is 6.03 Å². The number of carbonyl (C=O) groups is 1. The average molecular weight is 240 g/mol. The van der Waals surface area contributed by atoms with Gasteiger partial charge in [0, 0.05) is 6.07 Å². The van der Waals surface area contributed by atoms with Crippen molar-refractivity contribution in [3.8, 4) is 0 Å². The molecule has 96 valence electrons. The van der Waals surface area contributed by atoms with E-state index in [2.05, 4.69) is 15.7 Å². The van der Waals surface area contributed by atoms with E-state index >= 15 is 0 Å². The van der Waals surface area contributed by atoms with Gasteiger partial charge in [0.1, 0.15) is 5.82 Å². The number of hydrogen-bond donors (Lipinski definition) is 3. The van der Waals surface area contributed by atoms with Crippen LogP contribution in [0.3, 0.4) is 0 Å². The molecule has 0 saturated carbocycles. The third-order valence-electron chi connectivity index (χ3n) is 2.17. The number of aliphatic hydroxyl groups is 1. The maximum absolute atomic E-state index is 11.6. The van der Waals surface area contributed by atoms with E-state index in [9.17, 15) is 4.79 Å². The fraction of sp³-hybridized carbons (Fsp3) is 0.636. The maximum Gasteiger partial charge on any atom is 0.320 e. The monoisotopic (exact) mass is 240 g/mol. The Morgan fingerprint density at radius 1 is 1.59 bits per heavy atom. The minimum Gasteiger partial charge on any atom is -0.394 e. The van der Waals surface area contributed by atoms with Crippen molar-refractivity contribution in [1.82, 2.24) is 15.1 Å². The molecule has 0 aliphatic carbocycles. The maximum atomic E-state index is 11.6. The number of nitrogens with one attached hydrogen (secondary N) is 2. The Kier molecular flexibility index (Phi) is 4.11. The number of amides is 2. The van der Waals surface area contributed by atoms with Crippen molar-refractivity contribution in [2.75, 3.05) is 11.9 Å². The number of nitrogens with zero attached hydrogens (tertiary/aromatic N) is 2. The van der Waals surface area contributed by atoms with Crippen molar-refractivity contribution in [1.29, 1.82) is 0 Å². The van der Waals surface area contributed by atoms with Crippen LogP contribution in [-0.4, -0.2) is 33.6 Å². The Morgan fingerprint density at radius 2 is 2.24 bits per heavy atom. The number of carbonyl (C=O) groups excluding carboxylic acids is 1. The molecule has 1 rings (SSSR count). The van der Waals surface area contributed by atoms with E-state index in [4.69, 9.17) is 5.11 Å². The Hall–Kier alpha value is -1.56. The van der Waals surface area contributed by atoms with Crippen LogP contribution >= 0.6 is 0 Å². The molecule has 1 heterocycles. The summed E-state index contributed by atoms with van der Waals surface area (Å²) < 4.78 is 1.73. The molecule has 3 N–H and O–H groups in total. The highest BCUT2D eigenvalue weighted by Gasteiger charge is 2.18. The highest BCUT2D eigenvalue weighted by Crippen LogP contribution is 2.18. The lowest BCUT2D eigenvalue weighted by Gasteiger charge is -2.22. The molecule has 0 unspecified atom stereocenters. The summed E-state index contributed by atoms with van der Waals surface area (Å²) in [6.07, 6.45) is 1.64. The van der Waals surface area contributed by atoms with E-state index in [-0.39, 0.29) is 24.2 Å². The second-order valence-electron chi connectivity index (χ2n) is 4.98. The summed E-state index contributed by atoms with van der Waals surface area (Å²) in [5.41, 5.74) is -0.200. The van der Waals surface area contributed by atoms with E-state index < -0.39 is 0 Å². The Bertz CT molecular complexity index is 381. The summed E-state index contributed by atoms with van der Waals surface area (Å²) >= 11 is 0. The number of rotatable bonds is 3. The van der Waals surface area contributed by atoms with Crippen LogP contribution in [0.2, 0.25) is 0 Å². The minimum atomic E-state index is -0.349. The van der Waals surface area contributed by atoms with E-state index in [1.54, 1.807) is 23.9 Å². The van der Waals surface area contributed by atoms with Crippen molar-refractivity contribution in [2.45, 2.75) is 39.3 Å². The number of aliphatic hydroxyl groups excluding tert-OH is 1. The van der Waals surface area contributed by atoms with Gasteiger partial charge in [-0.2, -0.15) is 5.10 Å². The van der Waals surface area contributed by atoms with Crippen molar-refractivity contribution >= 4 is 11.8 Å². The summed E-state index contributed by atoms with van der Waals surface area (Å²) in [4.78, 5) is 11.6. The van der Waals surface area contributed by atoms with Gasteiger partial charge in [0.05, 0.1) is 24.4 Å². The summed E-state index contributed by atoms with van der Waals surface area (Å²) in [5.74, 6) is 0.625. The van der Waals surface area contributed by atoms with Crippen LogP contribution in [0.4, 0.5) is 10.6 Å². The van der Waals surface area contributed by atoms with Gasteiger partial charge in [0.15, 0.2) is 0 Å². The zero-order valence-electron chi connectivity index (χ0n) is 10.7. The SMILES string of the molecule is C[C@@H](CO)NC(=O)Nc1ccnn1C(C)(C)C.